The SMILES string of the molecule is Br.Br.C.Cl. The first kappa shape index (κ1) is 60.7. The summed E-state index contributed by atoms with van der Waals surface area (Å²) in [5, 5.41) is 0. The second-order valence-electron chi connectivity index (χ2n) is 0. The zero-order valence-electron chi connectivity index (χ0n) is 1.22. The van der Waals surface area contributed by atoms with Crippen LogP contribution in [0.3, 0.4) is 0 Å². The van der Waals surface area contributed by atoms with E-state index in [9.17, 15) is 0 Å². The van der Waals surface area contributed by atoms with E-state index in [0.717, 1.165) is 0 Å². The first-order chi connectivity index (χ1) is 0. The normalized spacial score (nSPS) is 0. The Morgan fingerprint density at radius 3 is 0.750 bits per heavy atom. The zero-order valence-corrected chi connectivity index (χ0v) is 5.47. The number of rotatable bonds is 0. The number of hydrogen-bond donors (Lipinski definition) is 0. The second kappa shape index (κ2) is 28.7. The van der Waals surface area contributed by atoms with E-state index < -0.39 is 0 Å². The van der Waals surface area contributed by atoms with Crippen molar-refractivity contribution in [3.8, 4) is 0 Å². The molecule has 0 rings (SSSR count). The molecule has 0 aliphatic rings. The summed E-state index contributed by atoms with van der Waals surface area (Å²) in [5.74, 6) is 0. The van der Waals surface area contributed by atoms with Crippen molar-refractivity contribution in [3.63, 3.8) is 0 Å². The summed E-state index contributed by atoms with van der Waals surface area (Å²) < 4.78 is 0. The van der Waals surface area contributed by atoms with E-state index in [1.165, 1.54) is 0 Å². The minimum Gasteiger partial charge on any atom is -0.147 e. The number of halogens is 3. The molecule has 0 aromatic rings. The average molecular weight is 214 g/mol. The van der Waals surface area contributed by atoms with Gasteiger partial charge in [-0.1, -0.05) is 7.43 Å². The van der Waals surface area contributed by atoms with Gasteiger partial charge in [-0.3, -0.25) is 0 Å². The Morgan fingerprint density at radius 1 is 0.750 bits per heavy atom. The first-order valence-corrected chi connectivity index (χ1v) is 0. The topological polar surface area (TPSA) is 0 Å². The standard InChI is InChI=1S/CH4.2BrH.ClH/h1H4;3*1H. The Morgan fingerprint density at radius 2 is 0.750 bits per heavy atom. The summed E-state index contributed by atoms with van der Waals surface area (Å²) >= 11 is 0. The molecule has 32 valence electrons. The Bertz CT molecular complexity index is 6.00. The van der Waals surface area contributed by atoms with Crippen molar-refractivity contribution in [2.24, 2.45) is 0 Å². The Labute approximate surface area is 53.9 Å². The molecule has 0 aliphatic heterocycles. The van der Waals surface area contributed by atoms with Crippen LogP contribution in [0.4, 0.5) is 0 Å². The van der Waals surface area contributed by atoms with Crippen molar-refractivity contribution in [2.75, 3.05) is 0 Å². The highest BCUT2D eigenvalue weighted by Gasteiger charge is -0.0775. The average Bonchev–Trinajstić information content (AvgIpc) is 0. The summed E-state index contributed by atoms with van der Waals surface area (Å²) in [5.41, 5.74) is 0. The molecule has 0 spiro atoms. The fraction of sp³-hybridized carbons (Fsp3) is 1.00. The smallest absolute Gasteiger partial charge is 0.0776 e. The zero-order chi connectivity index (χ0) is 0. The van der Waals surface area contributed by atoms with E-state index in [0.29, 0.717) is 0 Å². The minimum absolute atomic E-state index is 0. The van der Waals surface area contributed by atoms with Crippen LogP contribution in [0.5, 0.6) is 0 Å². The molecule has 0 saturated carbocycles. The lowest BCUT2D eigenvalue weighted by Gasteiger charge is -0.147. The Balaban J connectivity index is 0. The van der Waals surface area contributed by atoms with Crippen molar-refractivity contribution in [1.82, 2.24) is 0 Å². The fourth-order valence-corrected chi connectivity index (χ4v) is 0. The molecule has 0 atom stereocenters. The third-order valence-corrected chi connectivity index (χ3v) is 0. The molecular weight excluding hydrogens is 207 g/mol. The highest BCUT2D eigenvalue weighted by molar-refractivity contribution is 8.93. The Hall–Kier alpha value is 1.25. The monoisotopic (exact) mass is 212 g/mol. The van der Waals surface area contributed by atoms with Crippen LogP contribution in [0.1, 0.15) is 7.43 Å². The van der Waals surface area contributed by atoms with Gasteiger partial charge < -0.3 is 0 Å². The largest absolute Gasteiger partial charge is 0.147 e. The predicted octanol–water partition coefficient (Wildman–Crippen LogP) is 2.21. The molecule has 0 radical (unpaired) electrons. The summed E-state index contributed by atoms with van der Waals surface area (Å²) in [6.45, 7) is 0. The summed E-state index contributed by atoms with van der Waals surface area (Å²) in [4.78, 5) is 0. The predicted molar refractivity (Wildman–Crippen MR) is 34.6 cm³/mol. The second-order valence-corrected chi connectivity index (χ2v) is 0. The molecule has 0 unspecified atom stereocenters. The molecule has 0 aromatic carbocycles. The maximum absolute atomic E-state index is 0. The van der Waals surface area contributed by atoms with Crippen LogP contribution < -0.4 is 0 Å². The van der Waals surface area contributed by atoms with Gasteiger partial charge in [0.25, 0.3) is 0 Å². The van der Waals surface area contributed by atoms with Gasteiger partial charge in [-0.2, -0.15) is 0 Å². The molecule has 3 heteroatoms. The fourth-order valence-electron chi connectivity index (χ4n) is 0. The quantitative estimate of drug-likeness (QED) is 0.580. The van der Waals surface area contributed by atoms with Crippen LogP contribution in [-0.2, 0) is 0 Å². The third kappa shape index (κ3) is 10.5. The molecule has 0 N–H and O–H groups in total. The lowest BCUT2D eigenvalue weighted by Crippen LogP contribution is 0.144. The molecule has 0 fully saturated rings. The van der Waals surface area contributed by atoms with Gasteiger partial charge in [-0.05, 0) is 0 Å². The maximum Gasteiger partial charge on any atom is -0.0776 e. The van der Waals surface area contributed by atoms with Gasteiger partial charge in [0.15, 0.2) is 0 Å². The van der Waals surface area contributed by atoms with Gasteiger partial charge in [0.1, 0.15) is 0 Å². The van der Waals surface area contributed by atoms with E-state index in [-0.39, 0.29) is 53.8 Å². The molecular formula is CH7Br2Cl. The van der Waals surface area contributed by atoms with Gasteiger partial charge in [-0.25, -0.2) is 0 Å². The molecule has 0 amide bonds. The van der Waals surface area contributed by atoms with Gasteiger partial charge in [0.05, 0.1) is 0 Å². The van der Waals surface area contributed by atoms with Crippen molar-refractivity contribution < 1.29 is 0 Å². The van der Waals surface area contributed by atoms with Crippen LogP contribution in [-0.4, -0.2) is 0 Å². The van der Waals surface area contributed by atoms with E-state index in [1.54, 1.807) is 0 Å². The van der Waals surface area contributed by atoms with Crippen molar-refractivity contribution in [3.05, 3.63) is 0 Å². The molecule has 4 heavy (non-hydrogen) atoms. The van der Waals surface area contributed by atoms with Crippen molar-refractivity contribution in [2.45, 2.75) is 7.43 Å². The lowest BCUT2D eigenvalue weighted by atomic mass is 12.0. The first-order valence-electron chi connectivity index (χ1n) is 0. The highest BCUT2D eigenvalue weighted by atomic mass is 79.9. The van der Waals surface area contributed by atoms with E-state index in [1.807, 2.05) is 0 Å². The third-order valence-electron chi connectivity index (χ3n) is 0. The van der Waals surface area contributed by atoms with Crippen LogP contribution in [0.15, 0.2) is 0 Å². The molecule has 0 aromatic heterocycles. The number of hydrogen-bond acceptors (Lipinski definition) is 0. The summed E-state index contributed by atoms with van der Waals surface area (Å²) in [7, 11) is 0. The molecule has 0 saturated heterocycles. The van der Waals surface area contributed by atoms with E-state index in [2.05, 4.69) is 0 Å². The molecule has 0 nitrogen and oxygen atoms in total. The minimum atomic E-state index is 0. The van der Waals surface area contributed by atoms with Crippen LogP contribution in [0.2, 0.25) is 0 Å². The molecule has 0 bridgehead atoms. The van der Waals surface area contributed by atoms with Gasteiger partial charge in [0, 0.05) is 0 Å². The van der Waals surface area contributed by atoms with Gasteiger partial charge in [0.2, 0.25) is 0 Å². The molecule has 0 aliphatic carbocycles. The van der Waals surface area contributed by atoms with Gasteiger partial charge in [-0.15, -0.1) is 46.4 Å². The highest BCUT2D eigenvalue weighted by Crippen LogP contribution is 0.847. The van der Waals surface area contributed by atoms with Crippen LogP contribution >= 0.6 is 46.4 Å². The summed E-state index contributed by atoms with van der Waals surface area (Å²) in [6, 6.07) is 0. The lowest BCUT2D eigenvalue weighted by molar-refractivity contribution is 2.50. The van der Waals surface area contributed by atoms with Crippen molar-refractivity contribution in [1.29, 1.82) is 0 Å². The van der Waals surface area contributed by atoms with Crippen molar-refractivity contribution >= 4 is 46.4 Å². The Kier molecular flexibility index (Phi) is 436. The van der Waals surface area contributed by atoms with Crippen LogP contribution in [0, 0.1) is 0 Å². The summed E-state index contributed by atoms with van der Waals surface area (Å²) in [6.07, 6.45) is 0. The van der Waals surface area contributed by atoms with Crippen LogP contribution in [0.25, 0.3) is 0 Å². The van der Waals surface area contributed by atoms with E-state index >= 15 is 0 Å². The van der Waals surface area contributed by atoms with E-state index in [4.69, 9.17) is 0 Å². The van der Waals surface area contributed by atoms with Gasteiger partial charge >= 0.3 is 0 Å². The molecule has 0 heterocycles. The maximum atomic E-state index is 0.